The first-order valence-corrected chi connectivity index (χ1v) is 8.05. The topological polar surface area (TPSA) is 36.6 Å². The molecule has 108 valence electrons. The second-order valence-electron chi connectivity index (χ2n) is 5.55. The van der Waals surface area contributed by atoms with E-state index in [4.69, 9.17) is 4.42 Å². The Bertz CT molecular complexity index is 534. The maximum absolute atomic E-state index is 10.2. The molecular formula is C16H21NO2S. The smallest absolute Gasteiger partial charge is 0.132 e. The molecule has 1 aliphatic heterocycles. The minimum absolute atomic E-state index is 0.456. The molecule has 0 aromatic carbocycles. The first-order chi connectivity index (χ1) is 9.72. The number of thiophene rings is 1. The van der Waals surface area contributed by atoms with Crippen LogP contribution in [0.1, 0.15) is 40.9 Å². The van der Waals surface area contributed by atoms with Gasteiger partial charge in [0.25, 0.3) is 0 Å². The summed E-state index contributed by atoms with van der Waals surface area (Å²) in [5.74, 6) is 0.684. The zero-order chi connectivity index (χ0) is 13.9. The van der Waals surface area contributed by atoms with Crippen molar-refractivity contribution < 1.29 is 9.52 Å². The van der Waals surface area contributed by atoms with Gasteiger partial charge in [0.15, 0.2) is 0 Å². The van der Waals surface area contributed by atoms with E-state index in [0.29, 0.717) is 11.8 Å². The first kappa shape index (κ1) is 13.9. The molecular weight excluding hydrogens is 270 g/mol. The summed E-state index contributed by atoms with van der Waals surface area (Å²) in [6.07, 6.45) is 4.29. The van der Waals surface area contributed by atoms with E-state index < -0.39 is 6.10 Å². The molecule has 2 aromatic rings. The summed E-state index contributed by atoms with van der Waals surface area (Å²) >= 11 is 1.87. The van der Waals surface area contributed by atoms with Crippen molar-refractivity contribution in [3.63, 3.8) is 0 Å². The van der Waals surface area contributed by atoms with Gasteiger partial charge >= 0.3 is 0 Å². The van der Waals surface area contributed by atoms with E-state index in [1.165, 1.54) is 22.6 Å². The van der Waals surface area contributed by atoms with Gasteiger partial charge in [-0.25, -0.2) is 0 Å². The van der Waals surface area contributed by atoms with Crippen molar-refractivity contribution in [1.29, 1.82) is 0 Å². The predicted octanol–water partition coefficient (Wildman–Crippen LogP) is 3.74. The quantitative estimate of drug-likeness (QED) is 0.911. The summed E-state index contributed by atoms with van der Waals surface area (Å²) < 4.78 is 5.30. The van der Waals surface area contributed by atoms with Gasteiger partial charge < -0.3 is 9.52 Å². The van der Waals surface area contributed by atoms with Crippen molar-refractivity contribution >= 4 is 11.3 Å². The highest BCUT2D eigenvalue weighted by molar-refractivity contribution is 7.11. The van der Waals surface area contributed by atoms with Crippen LogP contribution >= 0.6 is 11.3 Å². The van der Waals surface area contributed by atoms with E-state index in [2.05, 4.69) is 24.0 Å². The lowest BCUT2D eigenvalue weighted by Gasteiger charge is -2.25. The van der Waals surface area contributed by atoms with Crippen molar-refractivity contribution in [2.24, 2.45) is 0 Å². The molecule has 0 amide bonds. The summed E-state index contributed by atoms with van der Waals surface area (Å²) in [5, 5.41) is 10.2. The number of aryl methyl sites for hydroxylation is 1. The number of furan rings is 1. The van der Waals surface area contributed by atoms with Gasteiger partial charge in [0, 0.05) is 22.3 Å². The highest BCUT2D eigenvalue weighted by Gasteiger charge is 2.28. The molecule has 20 heavy (non-hydrogen) atoms. The molecule has 3 nitrogen and oxygen atoms in total. The van der Waals surface area contributed by atoms with Crippen molar-refractivity contribution in [2.45, 2.75) is 44.9 Å². The summed E-state index contributed by atoms with van der Waals surface area (Å²) in [4.78, 5) is 5.28. The molecule has 0 bridgehead atoms. The fourth-order valence-corrected chi connectivity index (χ4v) is 3.91. The highest BCUT2D eigenvalue weighted by Crippen LogP contribution is 2.29. The van der Waals surface area contributed by atoms with Gasteiger partial charge in [-0.3, -0.25) is 4.90 Å². The van der Waals surface area contributed by atoms with Crippen LogP contribution < -0.4 is 0 Å². The average Bonchev–Trinajstić information content (AvgIpc) is 3.13. The summed E-state index contributed by atoms with van der Waals surface area (Å²) in [5.41, 5.74) is 0. The van der Waals surface area contributed by atoms with E-state index in [-0.39, 0.29) is 0 Å². The van der Waals surface area contributed by atoms with Crippen LogP contribution in [0.15, 0.2) is 34.9 Å². The zero-order valence-electron chi connectivity index (χ0n) is 11.8. The molecule has 1 fully saturated rings. The van der Waals surface area contributed by atoms with Crippen molar-refractivity contribution in [3.8, 4) is 0 Å². The standard InChI is InChI=1S/C16H21NO2S/c1-12-6-7-14(20-12)11-17-8-2-4-13(17)10-15(18)16-5-3-9-19-16/h3,5-7,9,13,15,18H,2,4,8,10-11H2,1H3. The Hall–Kier alpha value is -1.10. The highest BCUT2D eigenvalue weighted by atomic mass is 32.1. The Kier molecular flexibility index (Phi) is 4.24. The number of rotatable bonds is 5. The fraction of sp³-hybridized carbons (Fsp3) is 0.500. The maximum atomic E-state index is 10.2. The largest absolute Gasteiger partial charge is 0.467 e. The van der Waals surface area contributed by atoms with Gasteiger partial charge in [-0.1, -0.05) is 0 Å². The third-order valence-electron chi connectivity index (χ3n) is 4.02. The van der Waals surface area contributed by atoms with Crippen molar-refractivity contribution in [2.75, 3.05) is 6.54 Å². The van der Waals surface area contributed by atoms with Gasteiger partial charge in [0.2, 0.25) is 0 Å². The third kappa shape index (κ3) is 3.14. The molecule has 2 aromatic heterocycles. The molecule has 1 saturated heterocycles. The van der Waals surface area contributed by atoms with Crippen LogP contribution in [0.3, 0.4) is 0 Å². The zero-order valence-corrected chi connectivity index (χ0v) is 12.6. The van der Waals surface area contributed by atoms with Crippen LogP contribution in [0, 0.1) is 6.92 Å². The summed E-state index contributed by atoms with van der Waals surface area (Å²) in [6, 6.07) is 8.55. The van der Waals surface area contributed by atoms with E-state index in [0.717, 1.165) is 19.5 Å². The molecule has 3 heterocycles. The number of hydrogen-bond acceptors (Lipinski definition) is 4. The third-order valence-corrected chi connectivity index (χ3v) is 5.01. The minimum Gasteiger partial charge on any atom is -0.467 e. The van der Waals surface area contributed by atoms with Crippen molar-refractivity contribution in [1.82, 2.24) is 4.90 Å². The predicted molar refractivity (Wildman–Crippen MR) is 80.8 cm³/mol. The van der Waals surface area contributed by atoms with Gasteiger partial charge in [-0.05, 0) is 57.0 Å². The molecule has 3 rings (SSSR count). The first-order valence-electron chi connectivity index (χ1n) is 7.23. The monoisotopic (exact) mass is 291 g/mol. The Morgan fingerprint density at radius 3 is 3.05 bits per heavy atom. The van der Waals surface area contributed by atoms with E-state index >= 15 is 0 Å². The van der Waals surface area contributed by atoms with Crippen LogP contribution in [0.2, 0.25) is 0 Å². The van der Waals surface area contributed by atoms with Crippen LogP contribution in [-0.2, 0) is 6.54 Å². The fourth-order valence-electron chi connectivity index (χ4n) is 3.00. The lowest BCUT2D eigenvalue weighted by atomic mass is 10.1. The molecule has 2 atom stereocenters. The normalized spacial score (nSPS) is 21.4. The summed E-state index contributed by atoms with van der Waals surface area (Å²) in [6.45, 7) is 4.29. The van der Waals surface area contributed by atoms with Crippen molar-refractivity contribution in [3.05, 3.63) is 46.0 Å². The number of aliphatic hydroxyl groups excluding tert-OH is 1. The Morgan fingerprint density at radius 2 is 2.35 bits per heavy atom. The molecule has 0 saturated carbocycles. The van der Waals surface area contributed by atoms with Crippen LogP contribution in [0.5, 0.6) is 0 Å². The van der Waals surface area contributed by atoms with E-state index in [9.17, 15) is 5.11 Å². The minimum atomic E-state index is -0.485. The van der Waals surface area contributed by atoms with E-state index in [1.807, 2.05) is 23.5 Å². The van der Waals surface area contributed by atoms with Gasteiger partial charge in [-0.15, -0.1) is 11.3 Å². The number of likely N-dealkylation sites (tertiary alicyclic amines) is 1. The number of nitrogens with zero attached hydrogens (tertiary/aromatic N) is 1. The van der Waals surface area contributed by atoms with Crippen LogP contribution in [0.25, 0.3) is 0 Å². The molecule has 2 unspecified atom stereocenters. The lowest BCUT2D eigenvalue weighted by Crippen LogP contribution is -2.30. The van der Waals surface area contributed by atoms with Crippen LogP contribution in [-0.4, -0.2) is 22.6 Å². The SMILES string of the molecule is Cc1ccc(CN2CCCC2CC(O)c2ccco2)s1. The maximum Gasteiger partial charge on any atom is 0.132 e. The van der Waals surface area contributed by atoms with Crippen LogP contribution in [0.4, 0.5) is 0 Å². The molecule has 1 aliphatic rings. The van der Waals surface area contributed by atoms with Gasteiger partial charge in [0.1, 0.15) is 11.9 Å². The number of aliphatic hydroxyl groups is 1. The average molecular weight is 291 g/mol. The molecule has 0 spiro atoms. The lowest BCUT2D eigenvalue weighted by molar-refractivity contribution is 0.0998. The second kappa shape index (κ2) is 6.12. The second-order valence-corrected chi connectivity index (χ2v) is 6.92. The Morgan fingerprint density at radius 1 is 1.45 bits per heavy atom. The van der Waals surface area contributed by atoms with Gasteiger partial charge in [0.05, 0.1) is 6.26 Å². The molecule has 4 heteroatoms. The Labute approximate surface area is 123 Å². The Balaban J connectivity index is 1.60. The molecule has 1 N–H and O–H groups in total. The number of hydrogen-bond donors (Lipinski definition) is 1. The summed E-state index contributed by atoms with van der Waals surface area (Å²) in [7, 11) is 0. The molecule has 0 radical (unpaired) electrons. The van der Waals surface area contributed by atoms with E-state index in [1.54, 1.807) is 6.26 Å². The van der Waals surface area contributed by atoms with Gasteiger partial charge in [-0.2, -0.15) is 0 Å². The molecule has 0 aliphatic carbocycles.